The molecule has 6 nitrogen and oxygen atoms in total. The third kappa shape index (κ3) is 2.84. The number of aromatic nitrogens is 4. The Morgan fingerprint density at radius 1 is 1.45 bits per heavy atom. The van der Waals surface area contributed by atoms with Crippen molar-refractivity contribution in [1.82, 2.24) is 24.5 Å². The Bertz CT molecular complexity index is 619. The molecule has 108 valence electrons. The van der Waals surface area contributed by atoms with Crippen molar-refractivity contribution >= 4 is 5.91 Å². The summed E-state index contributed by atoms with van der Waals surface area (Å²) in [6.45, 7) is -0.554. The molecule has 0 atom stereocenters. The minimum absolute atomic E-state index is 0.00524. The van der Waals surface area contributed by atoms with Crippen LogP contribution < -0.4 is 0 Å². The number of nitrogens with zero attached hydrogens (tertiary/aromatic N) is 5. The maximum Gasteiger partial charge on any atom is 0.333 e. The second-order valence-electron chi connectivity index (χ2n) is 4.53. The molecular weight excluding hydrogens is 268 g/mol. The van der Waals surface area contributed by atoms with E-state index in [-0.39, 0.29) is 5.69 Å². The zero-order valence-electron chi connectivity index (χ0n) is 11.4. The highest BCUT2D eigenvalue weighted by Crippen LogP contribution is 2.12. The van der Waals surface area contributed by atoms with E-state index in [1.165, 1.54) is 11.0 Å². The lowest BCUT2D eigenvalue weighted by molar-refractivity contribution is 0.0553. The van der Waals surface area contributed by atoms with Gasteiger partial charge in [0, 0.05) is 38.6 Å². The number of alkyl halides is 2. The van der Waals surface area contributed by atoms with Gasteiger partial charge < -0.3 is 4.90 Å². The second-order valence-corrected chi connectivity index (χ2v) is 4.53. The van der Waals surface area contributed by atoms with Gasteiger partial charge in [0.15, 0.2) is 5.69 Å². The summed E-state index contributed by atoms with van der Waals surface area (Å²) in [7, 11) is 3.39. The van der Waals surface area contributed by atoms with Crippen LogP contribution >= 0.6 is 0 Å². The standard InChI is InChI=1S/C12H15F2N5O/c1-8-9(7-18(3)15-8)6-17(2)11(20)10-4-5-19(16-10)12(13)14/h4-5,7,12H,6H2,1-3H3. The van der Waals surface area contributed by atoms with E-state index in [1.54, 1.807) is 18.8 Å². The van der Waals surface area contributed by atoms with Gasteiger partial charge in [-0.05, 0) is 13.0 Å². The molecule has 0 aliphatic carbocycles. The first kappa shape index (κ1) is 14.2. The third-order valence-electron chi connectivity index (χ3n) is 2.90. The maximum atomic E-state index is 12.4. The highest BCUT2D eigenvalue weighted by atomic mass is 19.3. The quantitative estimate of drug-likeness (QED) is 0.856. The number of aryl methyl sites for hydroxylation is 2. The molecule has 2 aromatic rings. The van der Waals surface area contributed by atoms with E-state index >= 15 is 0 Å². The van der Waals surface area contributed by atoms with Crippen molar-refractivity contribution in [3.8, 4) is 0 Å². The molecular formula is C12H15F2N5O. The minimum Gasteiger partial charge on any atom is -0.336 e. The van der Waals surface area contributed by atoms with Gasteiger partial charge >= 0.3 is 6.55 Å². The first-order valence-electron chi connectivity index (χ1n) is 5.96. The van der Waals surface area contributed by atoms with Crippen LogP contribution in [-0.4, -0.2) is 37.4 Å². The summed E-state index contributed by atoms with van der Waals surface area (Å²) in [6, 6.07) is 1.28. The topological polar surface area (TPSA) is 56.0 Å². The largest absolute Gasteiger partial charge is 0.336 e. The van der Waals surface area contributed by atoms with Gasteiger partial charge in [0.2, 0.25) is 0 Å². The van der Waals surface area contributed by atoms with Crippen molar-refractivity contribution < 1.29 is 13.6 Å². The summed E-state index contributed by atoms with van der Waals surface area (Å²) in [6.07, 6.45) is 2.90. The predicted octanol–water partition coefficient (Wildman–Crippen LogP) is 1.59. The molecule has 0 spiro atoms. The number of hydrogen-bond donors (Lipinski definition) is 0. The summed E-state index contributed by atoms with van der Waals surface area (Å²) >= 11 is 0. The van der Waals surface area contributed by atoms with Gasteiger partial charge in [-0.2, -0.15) is 19.0 Å². The number of halogens is 2. The Hall–Kier alpha value is -2.25. The van der Waals surface area contributed by atoms with Gasteiger partial charge in [-0.1, -0.05) is 0 Å². The number of carbonyl (C=O) groups is 1. The van der Waals surface area contributed by atoms with Crippen LogP contribution in [0.2, 0.25) is 0 Å². The van der Waals surface area contributed by atoms with E-state index in [1.807, 2.05) is 13.1 Å². The van der Waals surface area contributed by atoms with Crippen LogP contribution in [0.1, 0.15) is 28.3 Å². The average molecular weight is 283 g/mol. The smallest absolute Gasteiger partial charge is 0.333 e. The summed E-state index contributed by atoms with van der Waals surface area (Å²) in [4.78, 5) is 13.5. The number of carbonyl (C=O) groups excluding carboxylic acids is 1. The molecule has 8 heteroatoms. The molecule has 2 aromatic heterocycles. The van der Waals surface area contributed by atoms with Crippen LogP contribution in [0.25, 0.3) is 0 Å². The van der Waals surface area contributed by atoms with Gasteiger partial charge in [-0.3, -0.25) is 9.48 Å². The molecule has 0 N–H and O–H groups in total. The van der Waals surface area contributed by atoms with E-state index in [0.717, 1.165) is 17.5 Å². The molecule has 2 heterocycles. The highest BCUT2D eigenvalue weighted by molar-refractivity contribution is 5.91. The van der Waals surface area contributed by atoms with Crippen LogP contribution in [0.3, 0.4) is 0 Å². The lowest BCUT2D eigenvalue weighted by atomic mass is 10.2. The predicted molar refractivity (Wildman–Crippen MR) is 67.2 cm³/mol. The number of rotatable bonds is 4. The highest BCUT2D eigenvalue weighted by Gasteiger charge is 2.18. The fourth-order valence-corrected chi connectivity index (χ4v) is 1.89. The van der Waals surface area contributed by atoms with Crippen molar-refractivity contribution in [3.05, 3.63) is 35.4 Å². The zero-order valence-corrected chi connectivity index (χ0v) is 11.4. The van der Waals surface area contributed by atoms with E-state index in [0.29, 0.717) is 11.2 Å². The lowest BCUT2D eigenvalue weighted by Gasteiger charge is -2.15. The van der Waals surface area contributed by atoms with Crippen molar-refractivity contribution in [2.45, 2.75) is 20.0 Å². The van der Waals surface area contributed by atoms with Gasteiger partial charge in [-0.15, -0.1) is 0 Å². The van der Waals surface area contributed by atoms with Crippen LogP contribution in [0.15, 0.2) is 18.5 Å². The first-order chi connectivity index (χ1) is 9.38. The van der Waals surface area contributed by atoms with E-state index < -0.39 is 12.5 Å². The van der Waals surface area contributed by atoms with Crippen LogP contribution in [0, 0.1) is 6.92 Å². The van der Waals surface area contributed by atoms with Crippen LogP contribution in [0.4, 0.5) is 8.78 Å². The monoisotopic (exact) mass is 283 g/mol. The van der Waals surface area contributed by atoms with Crippen molar-refractivity contribution in [1.29, 1.82) is 0 Å². The van der Waals surface area contributed by atoms with Crippen LogP contribution in [-0.2, 0) is 13.6 Å². The number of hydrogen-bond acceptors (Lipinski definition) is 3. The fourth-order valence-electron chi connectivity index (χ4n) is 1.89. The Kier molecular flexibility index (Phi) is 3.82. The van der Waals surface area contributed by atoms with E-state index in [4.69, 9.17) is 0 Å². The minimum atomic E-state index is -2.75. The SMILES string of the molecule is Cc1nn(C)cc1CN(C)C(=O)c1ccn(C(F)F)n1. The molecule has 0 unspecified atom stereocenters. The molecule has 0 fully saturated rings. The molecule has 0 aliphatic heterocycles. The maximum absolute atomic E-state index is 12.4. The summed E-state index contributed by atoms with van der Waals surface area (Å²) in [5.41, 5.74) is 1.72. The Morgan fingerprint density at radius 2 is 2.15 bits per heavy atom. The second kappa shape index (κ2) is 5.40. The lowest BCUT2D eigenvalue weighted by Crippen LogP contribution is -2.27. The van der Waals surface area contributed by atoms with Crippen molar-refractivity contribution in [2.75, 3.05) is 7.05 Å². The molecule has 20 heavy (non-hydrogen) atoms. The number of amides is 1. The van der Waals surface area contributed by atoms with Gasteiger partial charge in [0.05, 0.1) is 5.69 Å². The fraction of sp³-hybridized carbons (Fsp3) is 0.417. The Balaban J connectivity index is 2.10. The molecule has 0 saturated carbocycles. The average Bonchev–Trinajstić information content (AvgIpc) is 2.96. The summed E-state index contributed by atoms with van der Waals surface area (Å²) in [5, 5.41) is 7.74. The zero-order chi connectivity index (χ0) is 14.9. The molecule has 0 aromatic carbocycles. The molecule has 0 aliphatic rings. The van der Waals surface area contributed by atoms with Crippen molar-refractivity contribution in [2.24, 2.45) is 7.05 Å². The van der Waals surface area contributed by atoms with Crippen molar-refractivity contribution in [3.63, 3.8) is 0 Å². The molecule has 0 saturated heterocycles. The van der Waals surface area contributed by atoms with Gasteiger partial charge in [0.1, 0.15) is 0 Å². The van der Waals surface area contributed by atoms with Gasteiger partial charge in [-0.25, -0.2) is 4.68 Å². The third-order valence-corrected chi connectivity index (χ3v) is 2.90. The van der Waals surface area contributed by atoms with Gasteiger partial charge in [0.25, 0.3) is 5.91 Å². The molecule has 0 radical (unpaired) electrons. The molecule has 0 bridgehead atoms. The van der Waals surface area contributed by atoms with Crippen LogP contribution in [0.5, 0.6) is 0 Å². The Morgan fingerprint density at radius 3 is 2.65 bits per heavy atom. The van der Waals surface area contributed by atoms with E-state index in [2.05, 4.69) is 10.2 Å². The summed E-state index contributed by atoms with van der Waals surface area (Å²) in [5.74, 6) is -0.410. The molecule has 2 rings (SSSR count). The summed E-state index contributed by atoms with van der Waals surface area (Å²) < 4.78 is 26.9. The van der Waals surface area contributed by atoms with E-state index in [9.17, 15) is 13.6 Å². The first-order valence-corrected chi connectivity index (χ1v) is 5.96. The normalized spacial score (nSPS) is 11.1. The molecule has 1 amide bonds. The Labute approximate surface area is 114 Å².